The fraction of sp³-hybridized carbons (Fsp3) is 0.389. The van der Waals surface area contributed by atoms with Gasteiger partial charge in [-0.3, -0.25) is 9.36 Å². The van der Waals surface area contributed by atoms with Crippen molar-refractivity contribution in [2.45, 2.75) is 25.2 Å². The van der Waals surface area contributed by atoms with Crippen LogP contribution in [0.1, 0.15) is 35.3 Å². The second-order valence-corrected chi connectivity index (χ2v) is 7.09. The van der Waals surface area contributed by atoms with Crippen LogP contribution in [0.4, 0.5) is 0 Å². The van der Waals surface area contributed by atoms with Gasteiger partial charge in [-0.15, -0.1) is 0 Å². The molecule has 0 radical (unpaired) electrons. The summed E-state index contributed by atoms with van der Waals surface area (Å²) < 4.78 is 5.71. The third-order valence-electron chi connectivity index (χ3n) is 5.29. The van der Waals surface area contributed by atoms with Gasteiger partial charge in [0.25, 0.3) is 0 Å². The molecule has 1 aliphatic carbocycles. The standard InChI is InChI=1S/C18H20N8/c1-10-21-17-18(25(10)3)22-15(8-19-17)16-6-14(23-26(16)4)13-5-12(13)11-7-20-24(2)9-11/h6-9,12-13H,5H2,1-4H3/t12-,13+/m0/s1. The van der Waals surface area contributed by atoms with Crippen molar-refractivity contribution >= 4 is 11.3 Å². The normalized spacial score (nSPS) is 19.4. The Morgan fingerprint density at radius 1 is 1.08 bits per heavy atom. The Labute approximate surface area is 150 Å². The highest BCUT2D eigenvalue weighted by Gasteiger charge is 2.42. The van der Waals surface area contributed by atoms with E-state index in [0.717, 1.165) is 35.0 Å². The van der Waals surface area contributed by atoms with Crippen LogP contribution < -0.4 is 0 Å². The molecule has 26 heavy (non-hydrogen) atoms. The third kappa shape index (κ3) is 2.25. The SMILES string of the molecule is Cc1nc2ncc(-c3cc([C@@H]4C[C@H]4c4cnn(C)c4)nn3C)nc2n1C. The van der Waals surface area contributed by atoms with Gasteiger partial charge in [0.2, 0.25) is 0 Å². The van der Waals surface area contributed by atoms with Crippen LogP contribution in [-0.2, 0) is 21.1 Å². The largest absolute Gasteiger partial charge is 0.315 e. The summed E-state index contributed by atoms with van der Waals surface area (Å²) in [6.45, 7) is 1.96. The van der Waals surface area contributed by atoms with Crippen molar-refractivity contribution in [1.29, 1.82) is 0 Å². The van der Waals surface area contributed by atoms with E-state index in [-0.39, 0.29) is 0 Å². The maximum absolute atomic E-state index is 4.76. The van der Waals surface area contributed by atoms with E-state index < -0.39 is 0 Å². The first-order chi connectivity index (χ1) is 12.5. The zero-order valence-corrected chi connectivity index (χ0v) is 15.2. The van der Waals surface area contributed by atoms with Crippen molar-refractivity contribution in [2.24, 2.45) is 21.1 Å². The zero-order chi connectivity index (χ0) is 18.0. The van der Waals surface area contributed by atoms with Gasteiger partial charge in [0.1, 0.15) is 11.5 Å². The topological polar surface area (TPSA) is 79.2 Å². The van der Waals surface area contributed by atoms with E-state index in [0.29, 0.717) is 17.5 Å². The van der Waals surface area contributed by atoms with Crippen molar-refractivity contribution in [3.63, 3.8) is 0 Å². The molecule has 0 aromatic carbocycles. The summed E-state index contributed by atoms with van der Waals surface area (Å²) in [6, 6.07) is 2.14. The lowest BCUT2D eigenvalue weighted by Crippen LogP contribution is -1.98. The molecule has 1 fully saturated rings. The number of hydrogen-bond donors (Lipinski definition) is 0. The van der Waals surface area contributed by atoms with E-state index >= 15 is 0 Å². The van der Waals surface area contributed by atoms with E-state index in [1.807, 2.05) is 48.2 Å². The van der Waals surface area contributed by atoms with E-state index in [4.69, 9.17) is 10.1 Å². The molecule has 0 amide bonds. The minimum atomic E-state index is 0.454. The van der Waals surface area contributed by atoms with Crippen LogP contribution in [-0.4, -0.2) is 39.1 Å². The zero-order valence-electron chi connectivity index (χ0n) is 15.2. The smallest absolute Gasteiger partial charge is 0.197 e. The predicted molar refractivity (Wildman–Crippen MR) is 96.6 cm³/mol. The first kappa shape index (κ1) is 15.2. The van der Waals surface area contributed by atoms with Crippen LogP contribution in [0.3, 0.4) is 0 Å². The fourth-order valence-corrected chi connectivity index (χ4v) is 3.61. The Hall–Kier alpha value is -3.03. The molecule has 1 saturated carbocycles. The summed E-state index contributed by atoms with van der Waals surface area (Å²) in [5.74, 6) is 1.87. The summed E-state index contributed by atoms with van der Waals surface area (Å²) in [7, 11) is 5.87. The van der Waals surface area contributed by atoms with Gasteiger partial charge in [-0.1, -0.05) is 0 Å². The van der Waals surface area contributed by atoms with Crippen molar-refractivity contribution < 1.29 is 0 Å². The Bertz CT molecular complexity index is 1130. The van der Waals surface area contributed by atoms with Crippen molar-refractivity contribution in [1.82, 2.24) is 39.1 Å². The van der Waals surface area contributed by atoms with E-state index in [1.54, 1.807) is 6.20 Å². The van der Waals surface area contributed by atoms with Gasteiger partial charge >= 0.3 is 0 Å². The Balaban J connectivity index is 1.49. The first-order valence-electron chi connectivity index (χ1n) is 8.70. The van der Waals surface area contributed by atoms with E-state index in [9.17, 15) is 0 Å². The molecule has 4 aromatic rings. The highest BCUT2D eigenvalue weighted by Crippen LogP contribution is 2.54. The third-order valence-corrected chi connectivity index (χ3v) is 5.29. The number of imidazole rings is 1. The van der Waals surface area contributed by atoms with E-state index in [2.05, 4.69) is 27.3 Å². The van der Waals surface area contributed by atoms with Crippen LogP contribution >= 0.6 is 0 Å². The van der Waals surface area contributed by atoms with Crippen molar-refractivity contribution in [3.05, 3.63) is 41.7 Å². The molecule has 4 heterocycles. The average Bonchev–Trinajstić information content (AvgIpc) is 3.01. The summed E-state index contributed by atoms with van der Waals surface area (Å²) in [5, 5.41) is 9.02. The molecule has 0 N–H and O–H groups in total. The second kappa shape index (κ2) is 5.23. The van der Waals surface area contributed by atoms with Gasteiger partial charge in [-0.2, -0.15) is 10.2 Å². The molecule has 132 valence electrons. The molecule has 0 unspecified atom stereocenters. The minimum Gasteiger partial charge on any atom is -0.315 e. The monoisotopic (exact) mass is 348 g/mol. The molecular formula is C18H20N8. The highest BCUT2D eigenvalue weighted by molar-refractivity contribution is 5.70. The average molecular weight is 348 g/mol. The van der Waals surface area contributed by atoms with Crippen molar-refractivity contribution in [3.8, 4) is 11.4 Å². The molecule has 8 heteroatoms. The molecule has 0 aliphatic heterocycles. The van der Waals surface area contributed by atoms with Crippen molar-refractivity contribution in [2.75, 3.05) is 0 Å². The molecule has 0 saturated heterocycles. The number of hydrogen-bond acceptors (Lipinski definition) is 5. The Kier molecular flexibility index (Phi) is 3.07. The molecule has 1 aliphatic rings. The highest BCUT2D eigenvalue weighted by atomic mass is 15.3. The molecule has 5 rings (SSSR count). The quantitative estimate of drug-likeness (QED) is 0.566. The van der Waals surface area contributed by atoms with Gasteiger partial charge in [-0.05, 0) is 30.9 Å². The van der Waals surface area contributed by atoms with Gasteiger partial charge in [0, 0.05) is 33.3 Å². The summed E-state index contributed by atoms with van der Waals surface area (Å²) in [4.78, 5) is 13.7. The van der Waals surface area contributed by atoms with Crippen LogP contribution in [0, 0.1) is 6.92 Å². The lowest BCUT2D eigenvalue weighted by molar-refractivity contribution is 0.744. The van der Waals surface area contributed by atoms with Gasteiger partial charge in [0.05, 0.1) is 23.8 Å². The molecule has 0 bridgehead atoms. The first-order valence-corrected chi connectivity index (χ1v) is 8.70. The number of nitrogens with zero attached hydrogens (tertiary/aromatic N) is 8. The summed E-state index contributed by atoms with van der Waals surface area (Å²) in [5.41, 5.74) is 5.67. The number of fused-ring (bicyclic) bond motifs is 1. The summed E-state index contributed by atoms with van der Waals surface area (Å²) in [6.07, 6.45) is 6.95. The van der Waals surface area contributed by atoms with Crippen LogP contribution in [0.5, 0.6) is 0 Å². The molecule has 2 atom stereocenters. The number of rotatable bonds is 3. The lowest BCUT2D eigenvalue weighted by Gasteiger charge is -2.01. The van der Waals surface area contributed by atoms with Gasteiger partial charge < -0.3 is 4.57 Å². The second-order valence-electron chi connectivity index (χ2n) is 7.09. The van der Waals surface area contributed by atoms with E-state index in [1.165, 1.54) is 5.56 Å². The Morgan fingerprint density at radius 3 is 2.69 bits per heavy atom. The number of aryl methyl sites for hydroxylation is 4. The minimum absolute atomic E-state index is 0.454. The van der Waals surface area contributed by atoms with Gasteiger partial charge in [-0.25, -0.2) is 15.0 Å². The van der Waals surface area contributed by atoms with Gasteiger partial charge in [0.15, 0.2) is 11.3 Å². The molecule has 0 spiro atoms. The lowest BCUT2D eigenvalue weighted by atomic mass is 10.1. The maximum Gasteiger partial charge on any atom is 0.197 e. The fourth-order valence-electron chi connectivity index (χ4n) is 3.61. The van der Waals surface area contributed by atoms with Crippen LogP contribution in [0.25, 0.3) is 22.7 Å². The molecular weight excluding hydrogens is 328 g/mol. The van der Waals surface area contributed by atoms with Crippen LogP contribution in [0.2, 0.25) is 0 Å². The predicted octanol–water partition coefficient (Wildman–Crippen LogP) is 2.08. The maximum atomic E-state index is 4.76. The number of aromatic nitrogens is 8. The molecule has 8 nitrogen and oxygen atoms in total. The Morgan fingerprint density at radius 2 is 1.92 bits per heavy atom. The molecule has 4 aromatic heterocycles. The summed E-state index contributed by atoms with van der Waals surface area (Å²) >= 11 is 0. The van der Waals surface area contributed by atoms with Crippen LogP contribution in [0.15, 0.2) is 24.7 Å².